The molecule has 5 nitrogen and oxygen atoms in total. The smallest absolute Gasteiger partial charge is 0.254 e. The molecule has 1 amide bonds. The van der Waals surface area contributed by atoms with Crippen LogP contribution in [0.2, 0.25) is 0 Å². The largest absolute Gasteiger partial charge is 0.379 e. The molecular formula is C25H33NO4S. The average molecular weight is 444 g/mol. The highest BCUT2D eigenvalue weighted by Gasteiger charge is 2.36. The van der Waals surface area contributed by atoms with E-state index in [0.717, 1.165) is 34.2 Å². The van der Waals surface area contributed by atoms with E-state index in [1.165, 1.54) is 0 Å². The van der Waals surface area contributed by atoms with Gasteiger partial charge in [0.05, 0.1) is 17.6 Å². The van der Waals surface area contributed by atoms with Crippen LogP contribution < -0.4 is 0 Å². The van der Waals surface area contributed by atoms with Gasteiger partial charge >= 0.3 is 0 Å². The summed E-state index contributed by atoms with van der Waals surface area (Å²) in [5, 5.41) is 0. The Bertz CT molecular complexity index is 1030. The molecule has 0 radical (unpaired) electrons. The van der Waals surface area contributed by atoms with E-state index < -0.39 is 9.84 Å². The Hall–Kier alpha value is -2.18. The van der Waals surface area contributed by atoms with Crippen molar-refractivity contribution in [2.75, 3.05) is 26.0 Å². The summed E-state index contributed by atoms with van der Waals surface area (Å²) >= 11 is 0. The third-order valence-corrected chi connectivity index (χ3v) is 7.79. The van der Waals surface area contributed by atoms with Gasteiger partial charge in [-0.15, -0.1) is 0 Å². The van der Waals surface area contributed by atoms with Gasteiger partial charge in [0.1, 0.15) is 0 Å². The minimum Gasteiger partial charge on any atom is -0.379 e. The number of aryl methyl sites for hydroxylation is 2. The van der Waals surface area contributed by atoms with Gasteiger partial charge in [0, 0.05) is 31.7 Å². The van der Waals surface area contributed by atoms with Gasteiger partial charge in [-0.1, -0.05) is 48.9 Å². The maximum absolute atomic E-state index is 13.2. The van der Waals surface area contributed by atoms with Gasteiger partial charge in [-0.2, -0.15) is 0 Å². The highest BCUT2D eigenvalue weighted by atomic mass is 32.2. The Labute approximate surface area is 186 Å². The Morgan fingerprint density at radius 1 is 1.10 bits per heavy atom. The molecule has 168 valence electrons. The number of methoxy groups -OCH3 is 1. The number of sulfone groups is 1. The molecule has 2 aromatic carbocycles. The molecule has 0 N–H and O–H groups in total. The lowest BCUT2D eigenvalue weighted by molar-refractivity contribution is 0.0679. The number of nitrogens with zero attached hydrogens (tertiary/aromatic N) is 1. The Balaban J connectivity index is 1.73. The summed E-state index contributed by atoms with van der Waals surface area (Å²) in [6, 6.07) is 13.8. The van der Waals surface area contributed by atoms with Crippen LogP contribution in [-0.2, 0) is 26.7 Å². The van der Waals surface area contributed by atoms with E-state index in [1.54, 1.807) is 7.11 Å². The van der Waals surface area contributed by atoms with Crippen LogP contribution >= 0.6 is 0 Å². The van der Waals surface area contributed by atoms with Crippen LogP contribution in [-0.4, -0.2) is 51.3 Å². The topological polar surface area (TPSA) is 63.7 Å². The lowest BCUT2D eigenvalue weighted by Gasteiger charge is -2.18. The molecule has 0 aromatic heterocycles. The minimum absolute atomic E-state index is 0.0402. The quantitative estimate of drug-likeness (QED) is 0.620. The summed E-state index contributed by atoms with van der Waals surface area (Å²) in [6.07, 6.45) is 1.34. The van der Waals surface area contributed by atoms with E-state index in [1.807, 2.05) is 68.1 Å². The first-order valence-corrected chi connectivity index (χ1v) is 12.7. The van der Waals surface area contributed by atoms with E-state index in [2.05, 4.69) is 0 Å². The van der Waals surface area contributed by atoms with Crippen LogP contribution in [0.3, 0.4) is 0 Å². The lowest BCUT2D eigenvalue weighted by atomic mass is 9.95. The summed E-state index contributed by atoms with van der Waals surface area (Å²) < 4.78 is 30.1. The highest BCUT2D eigenvalue weighted by molar-refractivity contribution is 7.90. The molecule has 1 fully saturated rings. The van der Waals surface area contributed by atoms with Crippen molar-refractivity contribution in [3.63, 3.8) is 0 Å². The number of benzene rings is 2. The molecule has 0 bridgehead atoms. The standard InChI is InChI=1S/C25H33NO4S/c1-5-11-31(28,29)17-21-8-6-7-20(13-21)14-22-15-26(16-24(22)30-4)25(27)23-12-18(2)9-10-19(23)3/h6-10,12-13,22,24H,5,11,14-17H2,1-4H3. The molecule has 31 heavy (non-hydrogen) atoms. The Morgan fingerprint density at radius 2 is 1.84 bits per heavy atom. The van der Waals surface area contributed by atoms with Crippen molar-refractivity contribution < 1.29 is 17.9 Å². The number of ether oxygens (including phenoxy) is 1. The predicted molar refractivity (Wildman–Crippen MR) is 124 cm³/mol. The number of likely N-dealkylation sites (tertiary alicyclic amines) is 1. The zero-order chi connectivity index (χ0) is 22.6. The third kappa shape index (κ3) is 5.95. The maximum Gasteiger partial charge on any atom is 0.254 e. The number of carbonyl (C=O) groups excluding carboxylic acids is 1. The van der Waals surface area contributed by atoms with Crippen LogP contribution in [0.5, 0.6) is 0 Å². The molecule has 1 aliphatic rings. The zero-order valence-electron chi connectivity index (χ0n) is 18.9. The first kappa shape index (κ1) is 23.5. The summed E-state index contributed by atoms with van der Waals surface area (Å²) in [5.41, 5.74) is 4.70. The van der Waals surface area contributed by atoms with Gasteiger partial charge in [-0.3, -0.25) is 4.79 Å². The number of rotatable bonds is 8. The molecule has 1 aliphatic heterocycles. The predicted octanol–water partition coefficient (Wildman–Crippen LogP) is 3.96. The number of amides is 1. The molecule has 0 saturated carbocycles. The van der Waals surface area contributed by atoms with Crippen molar-refractivity contribution in [3.05, 3.63) is 70.3 Å². The zero-order valence-corrected chi connectivity index (χ0v) is 19.7. The molecular weight excluding hydrogens is 410 g/mol. The normalized spacial score (nSPS) is 19.0. The fourth-order valence-corrected chi connectivity index (χ4v) is 5.85. The van der Waals surface area contributed by atoms with Crippen molar-refractivity contribution in [1.29, 1.82) is 0 Å². The lowest BCUT2D eigenvalue weighted by Crippen LogP contribution is -2.30. The van der Waals surface area contributed by atoms with Crippen LogP contribution in [0.4, 0.5) is 0 Å². The number of hydrogen-bond acceptors (Lipinski definition) is 4. The number of carbonyl (C=O) groups is 1. The van der Waals surface area contributed by atoms with Crippen LogP contribution in [0.1, 0.15) is 46.0 Å². The fourth-order valence-electron chi connectivity index (χ4n) is 4.39. The molecule has 2 aromatic rings. The monoisotopic (exact) mass is 443 g/mol. The Kier molecular flexibility index (Phi) is 7.55. The van der Waals surface area contributed by atoms with Gasteiger partial charge < -0.3 is 9.64 Å². The van der Waals surface area contributed by atoms with Crippen molar-refractivity contribution >= 4 is 15.7 Å². The SMILES string of the molecule is CCCS(=O)(=O)Cc1cccc(CC2CN(C(=O)c3cc(C)ccc3C)CC2OC)c1. The third-order valence-electron chi connectivity index (χ3n) is 5.99. The van der Waals surface area contributed by atoms with E-state index in [-0.39, 0.29) is 29.4 Å². The van der Waals surface area contributed by atoms with Crippen molar-refractivity contribution in [2.24, 2.45) is 5.92 Å². The fraction of sp³-hybridized carbons (Fsp3) is 0.480. The molecule has 1 heterocycles. The van der Waals surface area contributed by atoms with Gasteiger partial charge in [-0.05, 0) is 49.4 Å². The molecule has 1 saturated heterocycles. The minimum atomic E-state index is -3.08. The maximum atomic E-state index is 13.2. The van der Waals surface area contributed by atoms with E-state index in [0.29, 0.717) is 19.5 Å². The van der Waals surface area contributed by atoms with Gasteiger partial charge in [0.25, 0.3) is 5.91 Å². The first-order valence-electron chi connectivity index (χ1n) is 10.9. The van der Waals surface area contributed by atoms with Gasteiger partial charge in [0.2, 0.25) is 0 Å². The molecule has 3 rings (SSSR count). The summed E-state index contributed by atoms with van der Waals surface area (Å²) in [7, 11) is -1.39. The highest BCUT2D eigenvalue weighted by Crippen LogP contribution is 2.26. The van der Waals surface area contributed by atoms with E-state index in [9.17, 15) is 13.2 Å². The molecule has 6 heteroatoms. The van der Waals surface area contributed by atoms with Crippen molar-refractivity contribution in [2.45, 2.75) is 45.5 Å². The summed E-state index contributed by atoms with van der Waals surface area (Å²) in [6.45, 7) is 7.03. The summed E-state index contributed by atoms with van der Waals surface area (Å²) in [4.78, 5) is 15.0. The van der Waals surface area contributed by atoms with E-state index in [4.69, 9.17) is 4.74 Å². The van der Waals surface area contributed by atoms with Crippen LogP contribution in [0.15, 0.2) is 42.5 Å². The second-order valence-electron chi connectivity index (χ2n) is 8.68. The molecule has 0 aliphatic carbocycles. The van der Waals surface area contributed by atoms with Gasteiger partial charge in [-0.25, -0.2) is 8.42 Å². The molecule has 0 spiro atoms. The second-order valence-corrected chi connectivity index (χ2v) is 10.9. The van der Waals surface area contributed by atoms with Crippen molar-refractivity contribution in [3.8, 4) is 0 Å². The molecule has 2 unspecified atom stereocenters. The first-order chi connectivity index (χ1) is 14.7. The average Bonchev–Trinajstić information content (AvgIpc) is 3.12. The van der Waals surface area contributed by atoms with Crippen LogP contribution in [0, 0.1) is 19.8 Å². The second kappa shape index (κ2) is 9.96. The molecule has 2 atom stereocenters. The van der Waals surface area contributed by atoms with Gasteiger partial charge in [0.15, 0.2) is 9.84 Å². The number of hydrogen-bond donors (Lipinski definition) is 0. The van der Waals surface area contributed by atoms with Crippen LogP contribution in [0.25, 0.3) is 0 Å². The van der Waals surface area contributed by atoms with E-state index >= 15 is 0 Å². The van der Waals surface area contributed by atoms with Crippen molar-refractivity contribution in [1.82, 2.24) is 4.90 Å². The summed E-state index contributed by atoms with van der Waals surface area (Å²) in [5.74, 6) is 0.498. The Morgan fingerprint density at radius 3 is 2.55 bits per heavy atom.